The molecule has 2 N–H and O–H groups in total. The molecule has 0 unspecified atom stereocenters. The summed E-state index contributed by atoms with van der Waals surface area (Å²) in [4.78, 5) is 11.3. The average molecular weight is 436 g/mol. The van der Waals surface area contributed by atoms with Gasteiger partial charge >= 0.3 is 5.97 Å². The van der Waals surface area contributed by atoms with Gasteiger partial charge in [-0.3, -0.25) is 0 Å². The van der Waals surface area contributed by atoms with E-state index in [1.807, 2.05) is 6.07 Å². The zero-order chi connectivity index (χ0) is 22.9. The van der Waals surface area contributed by atoms with Crippen molar-refractivity contribution in [2.75, 3.05) is 0 Å². The number of fused-ring (bicyclic) bond motifs is 1. The van der Waals surface area contributed by atoms with E-state index in [0.29, 0.717) is 6.04 Å². The maximum atomic E-state index is 14.6. The lowest BCUT2D eigenvalue weighted by molar-refractivity contribution is -0.152. The molecule has 3 aromatic rings. The molecule has 1 aliphatic carbocycles. The summed E-state index contributed by atoms with van der Waals surface area (Å²) >= 11 is 0. The fraction of sp³-hybridized carbons (Fsp3) is 0.370. The first kappa shape index (κ1) is 22.3. The van der Waals surface area contributed by atoms with Crippen LogP contribution in [0.3, 0.4) is 0 Å². The predicted octanol–water partition coefficient (Wildman–Crippen LogP) is 6.21. The summed E-state index contributed by atoms with van der Waals surface area (Å²) in [5, 5.41) is 15.5. The van der Waals surface area contributed by atoms with Crippen molar-refractivity contribution in [3.63, 3.8) is 0 Å². The Morgan fingerprint density at radius 2 is 1.88 bits per heavy atom. The number of hydrogen-bond acceptors (Lipinski definition) is 3. The van der Waals surface area contributed by atoms with Gasteiger partial charge in [0.25, 0.3) is 0 Å². The largest absolute Gasteiger partial charge is 0.478 e. The summed E-state index contributed by atoms with van der Waals surface area (Å²) in [6, 6.07) is 20.3. The van der Waals surface area contributed by atoms with Crippen molar-refractivity contribution < 1.29 is 19.0 Å². The normalized spacial score (nSPS) is 19.8. The van der Waals surface area contributed by atoms with Crippen LogP contribution in [0.1, 0.15) is 63.1 Å². The molecule has 1 saturated carbocycles. The highest BCUT2D eigenvalue weighted by Gasteiger charge is 2.31. The Kier molecular flexibility index (Phi) is 6.20. The number of benzene rings is 3. The van der Waals surface area contributed by atoms with Crippen LogP contribution in [-0.4, -0.2) is 22.7 Å². The van der Waals surface area contributed by atoms with Crippen LogP contribution in [-0.2, 0) is 4.79 Å². The number of nitrogens with one attached hydrogen (secondary N) is 1. The van der Waals surface area contributed by atoms with Crippen LogP contribution < -0.4 is 10.1 Å². The van der Waals surface area contributed by atoms with Gasteiger partial charge in [0.15, 0.2) is 17.2 Å². The van der Waals surface area contributed by atoms with Gasteiger partial charge in [0.05, 0.1) is 0 Å². The van der Waals surface area contributed by atoms with Crippen molar-refractivity contribution in [1.82, 2.24) is 5.32 Å². The second-order valence-electron chi connectivity index (χ2n) is 9.27. The first-order chi connectivity index (χ1) is 15.2. The minimum absolute atomic E-state index is 0.0293. The van der Waals surface area contributed by atoms with E-state index in [9.17, 15) is 14.3 Å². The smallest absolute Gasteiger partial charge is 0.347 e. The molecule has 5 heteroatoms. The van der Waals surface area contributed by atoms with Crippen LogP contribution in [0, 0.1) is 5.82 Å². The number of hydrogen-bond donors (Lipinski definition) is 2. The summed E-state index contributed by atoms with van der Waals surface area (Å²) in [5.74, 6) is -1.41. The standard InChI is InChI=1S/C27H30FNO3/c1-17(22-10-6-8-18-7-4-5-9-23(18)22)29-21-13-11-19(15-21)20-12-14-25(24(28)16-20)32-27(2,3)26(30)31/h4-10,12,14,16-17,19,21,29H,11,13,15H2,1-3H3,(H,30,31)/t17-,19-,21+/m1/s1. The second-order valence-corrected chi connectivity index (χ2v) is 9.27. The van der Waals surface area contributed by atoms with Gasteiger partial charge in [0, 0.05) is 12.1 Å². The molecular weight excluding hydrogens is 405 g/mol. The molecule has 3 aromatic carbocycles. The summed E-state index contributed by atoms with van der Waals surface area (Å²) in [6.45, 7) is 5.02. The average Bonchev–Trinajstić information content (AvgIpc) is 3.23. The van der Waals surface area contributed by atoms with Gasteiger partial charge in [0.2, 0.25) is 0 Å². The zero-order valence-corrected chi connectivity index (χ0v) is 18.8. The molecule has 1 aliphatic rings. The topological polar surface area (TPSA) is 58.6 Å². The van der Waals surface area contributed by atoms with E-state index in [1.54, 1.807) is 6.07 Å². The third-order valence-electron chi connectivity index (χ3n) is 6.52. The molecule has 32 heavy (non-hydrogen) atoms. The van der Waals surface area contributed by atoms with E-state index >= 15 is 0 Å². The summed E-state index contributed by atoms with van der Waals surface area (Å²) in [5.41, 5.74) is 0.743. The van der Waals surface area contributed by atoms with E-state index < -0.39 is 17.4 Å². The van der Waals surface area contributed by atoms with Gasteiger partial charge in [-0.2, -0.15) is 0 Å². The van der Waals surface area contributed by atoms with Crippen molar-refractivity contribution in [2.24, 2.45) is 0 Å². The number of ether oxygens (including phenoxy) is 1. The molecule has 0 spiro atoms. The number of aliphatic carboxylic acids is 1. The van der Waals surface area contributed by atoms with Crippen molar-refractivity contribution >= 4 is 16.7 Å². The van der Waals surface area contributed by atoms with Gasteiger partial charge in [-0.05, 0) is 80.0 Å². The number of carbonyl (C=O) groups is 1. The van der Waals surface area contributed by atoms with Crippen LogP contribution in [0.25, 0.3) is 10.8 Å². The quantitative estimate of drug-likeness (QED) is 0.463. The Hall–Kier alpha value is -2.92. The molecule has 0 radical (unpaired) electrons. The van der Waals surface area contributed by atoms with Crippen LogP contribution >= 0.6 is 0 Å². The Balaban J connectivity index is 1.42. The molecule has 4 rings (SSSR count). The molecule has 0 heterocycles. The van der Waals surface area contributed by atoms with E-state index in [2.05, 4.69) is 54.7 Å². The summed E-state index contributed by atoms with van der Waals surface area (Å²) < 4.78 is 20.0. The monoisotopic (exact) mass is 435 g/mol. The van der Waals surface area contributed by atoms with Crippen LogP contribution in [0.5, 0.6) is 5.75 Å². The number of halogens is 1. The fourth-order valence-corrected chi connectivity index (χ4v) is 4.68. The highest BCUT2D eigenvalue weighted by molar-refractivity contribution is 5.86. The van der Waals surface area contributed by atoms with Gasteiger partial charge in [-0.1, -0.05) is 48.5 Å². The first-order valence-corrected chi connectivity index (χ1v) is 11.2. The van der Waals surface area contributed by atoms with Crippen LogP contribution in [0.4, 0.5) is 4.39 Å². The fourth-order valence-electron chi connectivity index (χ4n) is 4.68. The third-order valence-corrected chi connectivity index (χ3v) is 6.52. The van der Waals surface area contributed by atoms with Gasteiger partial charge in [-0.25, -0.2) is 9.18 Å². The molecule has 0 amide bonds. The number of rotatable bonds is 7. The van der Waals surface area contributed by atoms with Crippen molar-refractivity contribution in [1.29, 1.82) is 0 Å². The Morgan fingerprint density at radius 1 is 1.12 bits per heavy atom. The molecular formula is C27H30FNO3. The highest BCUT2D eigenvalue weighted by Crippen LogP contribution is 2.37. The maximum Gasteiger partial charge on any atom is 0.347 e. The van der Waals surface area contributed by atoms with Crippen molar-refractivity contribution in [3.05, 3.63) is 77.6 Å². The molecule has 0 aromatic heterocycles. The molecule has 4 nitrogen and oxygen atoms in total. The molecule has 1 fully saturated rings. The maximum absolute atomic E-state index is 14.6. The Bertz CT molecular complexity index is 1120. The lowest BCUT2D eigenvalue weighted by Crippen LogP contribution is -2.38. The SMILES string of the molecule is C[C@@H](N[C@H]1CC[C@@H](c2ccc(OC(C)(C)C(=O)O)c(F)c2)C1)c1cccc2ccccc12. The molecule has 0 saturated heterocycles. The highest BCUT2D eigenvalue weighted by atomic mass is 19.1. The van der Waals surface area contributed by atoms with Gasteiger partial charge in [-0.15, -0.1) is 0 Å². The number of carboxylic acid groups (broad SMARTS) is 1. The summed E-state index contributed by atoms with van der Waals surface area (Å²) in [7, 11) is 0. The van der Waals surface area contributed by atoms with Crippen LogP contribution in [0.15, 0.2) is 60.7 Å². The van der Waals surface area contributed by atoms with E-state index in [0.717, 1.165) is 24.8 Å². The van der Waals surface area contributed by atoms with E-state index in [-0.39, 0.29) is 17.7 Å². The third kappa shape index (κ3) is 4.63. The zero-order valence-electron chi connectivity index (χ0n) is 18.8. The molecule has 0 aliphatic heterocycles. The second kappa shape index (κ2) is 8.91. The minimum atomic E-state index is -1.48. The van der Waals surface area contributed by atoms with Crippen molar-refractivity contribution in [2.45, 2.75) is 63.6 Å². The predicted molar refractivity (Wildman–Crippen MR) is 125 cm³/mol. The van der Waals surface area contributed by atoms with E-state index in [1.165, 1.54) is 36.2 Å². The molecule has 0 bridgehead atoms. The Morgan fingerprint density at radius 3 is 2.62 bits per heavy atom. The van der Waals surface area contributed by atoms with E-state index in [4.69, 9.17) is 4.74 Å². The van der Waals surface area contributed by atoms with Gasteiger partial charge in [0.1, 0.15) is 0 Å². The lowest BCUT2D eigenvalue weighted by atomic mass is 9.96. The van der Waals surface area contributed by atoms with Crippen molar-refractivity contribution in [3.8, 4) is 5.75 Å². The molecule has 3 atom stereocenters. The molecule has 168 valence electrons. The minimum Gasteiger partial charge on any atom is -0.478 e. The van der Waals surface area contributed by atoms with Crippen LogP contribution in [0.2, 0.25) is 0 Å². The number of carboxylic acids is 1. The lowest BCUT2D eigenvalue weighted by Gasteiger charge is -2.23. The first-order valence-electron chi connectivity index (χ1n) is 11.2. The Labute approximate surface area is 188 Å². The summed E-state index contributed by atoms with van der Waals surface area (Å²) in [6.07, 6.45) is 2.96. The van der Waals surface area contributed by atoms with Gasteiger partial charge < -0.3 is 15.2 Å².